The van der Waals surface area contributed by atoms with Crippen LogP contribution in [0.1, 0.15) is 30.9 Å². The van der Waals surface area contributed by atoms with Crippen molar-refractivity contribution in [1.82, 2.24) is 10.2 Å². The highest BCUT2D eigenvalue weighted by molar-refractivity contribution is 5.88. The summed E-state index contributed by atoms with van der Waals surface area (Å²) in [5.41, 5.74) is 7.43. The molecular weight excluding hydrogens is 322 g/mol. The number of carbonyl (C=O) groups is 3. The molecule has 136 valence electrons. The van der Waals surface area contributed by atoms with E-state index in [1.807, 2.05) is 31.2 Å². The highest BCUT2D eigenvalue weighted by Gasteiger charge is 2.35. The minimum atomic E-state index is -0.720. The number of rotatable bonds is 8. The summed E-state index contributed by atoms with van der Waals surface area (Å²) in [6.07, 6.45) is 0.245. The Kier molecular flexibility index (Phi) is 6.52. The Morgan fingerprint density at radius 3 is 2.60 bits per heavy atom. The van der Waals surface area contributed by atoms with Gasteiger partial charge in [0, 0.05) is 26.4 Å². The smallest absolute Gasteiger partial charge is 0.245 e. The molecule has 1 aliphatic heterocycles. The number of primary amides is 1. The van der Waals surface area contributed by atoms with E-state index >= 15 is 0 Å². The van der Waals surface area contributed by atoms with Gasteiger partial charge in [-0.3, -0.25) is 14.4 Å². The standard InChI is InChI=1S/C18H25N3O4/c1-12-5-3-4-6-14(12)11-25-15-9-21(10-15)18(24)16(20-13(2)22)7-8-17(19)23/h3-6,15-16H,7-11H2,1-2H3,(H2,19,23)(H,20,22)/t16-/m0/s1. The van der Waals surface area contributed by atoms with E-state index in [4.69, 9.17) is 10.5 Å². The van der Waals surface area contributed by atoms with Gasteiger partial charge in [0.05, 0.1) is 12.7 Å². The van der Waals surface area contributed by atoms with E-state index < -0.39 is 11.9 Å². The Hall–Kier alpha value is -2.41. The van der Waals surface area contributed by atoms with Crippen molar-refractivity contribution < 1.29 is 19.1 Å². The summed E-state index contributed by atoms with van der Waals surface area (Å²) in [5, 5.41) is 2.59. The second kappa shape index (κ2) is 8.62. The first-order valence-corrected chi connectivity index (χ1v) is 8.37. The Balaban J connectivity index is 1.80. The van der Waals surface area contributed by atoms with Crippen molar-refractivity contribution in [2.24, 2.45) is 5.73 Å². The third kappa shape index (κ3) is 5.56. The molecule has 0 spiro atoms. The van der Waals surface area contributed by atoms with Gasteiger partial charge in [0.2, 0.25) is 17.7 Å². The Bertz CT molecular complexity index is 641. The number of benzene rings is 1. The molecule has 1 aliphatic rings. The average molecular weight is 347 g/mol. The number of ether oxygens (including phenoxy) is 1. The zero-order chi connectivity index (χ0) is 18.4. The number of likely N-dealkylation sites (tertiary alicyclic amines) is 1. The van der Waals surface area contributed by atoms with Crippen LogP contribution in [0.3, 0.4) is 0 Å². The highest BCUT2D eigenvalue weighted by atomic mass is 16.5. The Morgan fingerprint density at radius 2 is 2.00 bits per heavy atom. The summed E-state index contributed by atoms with van der Waals surface area (Å²) < 4.78 is 5.83. The zero-order valence-electron chi connectivity index (χ0n) is 14.7. The second-order valence-electron chi connectivity index (χ2n) is 6.36. The molecule has 1 saturated heterocycles. The lowest BCUT2D eigenvalue weighted by atomic mass is 10.1. The first-order valence-electron chi connectivity index (χ1n) is 8.37. The SMILES string of the molecule is CC(=O)N[C@@H](CCC(N)=O)C(=O)N1CC(OCc2ccccc2C)C1. The first kappa shape index (κ1) is 18.9. The van der Waals surface area contributed by atoms with Crippen LogP contribution in [0, 0.1) is 6.92 Å². The molecule has 25 heavy (non-hydrogen) atoms. The molecule has 0 unspecified atom stereocenters. The predicted molar refractivity (Wildman–Crippen MR) is 92.4 cm³/mol. The average Bonchev–Trinajstić information content (AvgIpc) is 2.50. The molecule has 1 aromatic rings. The topological polar surface area (TPSA) is 102 Å². The maximum atomic E-state index is 12.5. The molecule has 1 aromatic carbocycles. The summed E-state index contributed by atoms with van der Waals surface area (Å²) in [6, 6.07) is 7.29. The lowest BCUT2D eigenvalue weighted by Gasteiger charge is -2.40. The molecule has 0 bridgehead atoms. The number of aryl methyl sites for hydroxylation is 1. The van der Waals surface area contributed by atoms with Crippen LogP contribution in [0.15, 0.2) is 24.3 Å². The van der Waals surface area contributed by atoms with Crippen LogP contribution in [0.5, 0.6) is 0 Å². The van der Waals surface area contributed by atoms with Crippen molar-refractivity contribution >= 4 is 17.7 Å². The molecule has 3 amide bonds. The van der Waals surface area contributed by atoms with E-state index in [1.54, 1.807) is 4.90 Å². The third-order valence-corrected chi connectivity index (χ3v) is 4.25. The fourth-order valence-electron chi connectivity index (χ4n) is 2.71. The molecule has 0 saturated carbocycles. The van der Waals surface area contributed by atoms with E-state index in [0.29, 0.717) is 19.7 Å². The molecule has 0 radical (unpaired) electrons. The minimum absolute atomic E-state index is 0.0160. The molecular formula is C18H25N3O4. The molecule has 1 heterocycles. The van der Waals surface area contributed by atoms with Crippen LogP contribution in [0.25, 0.3) is 0 Å². The van der Waals surface area contributed by atoms with E-state index in [-0.39, 0.29) is 30.8 Å². The quantitative estimate of drug-likeness (QED) is 0.714. The molecule has 3 N–H and O–H groups in total. The molecule has 7 heteroatoms. The number of nitrogens with two attached hydrogens (primary N) is 1. The molecule has 2 rings (SSSR count). The number of nitrogens with zero attached hydrogens (tertiary/aromatic N) is 1. The van der Waals surface area contributed by atoms with Gasteiger partial charge in [0.1, 0.15) is 6.04 Å². The van der Waals surface area contributed by atoms with Gasteiger partial charge in [0.15, 0.2) is 0 Å². The summed E-state index contributed by atoms with van der Waals surface area (Å²) in [4.78, 5) is 36.3. The van der Waals surface area contributed by atoms with Gasteiger partial charge >= 0.3 is 0 Å². The van der Waals surface area contributed by atoms with Gasteiger partial charge in [0.25, 0.3) is 0 Å². The van der Waals surface area contributed by atoms with Crippen molar-refractivity contribution in [3.8, 4) is 0 Å². The van der Waals surface area contributed by atoms with Crippen LogP contribution < -0.4 is 11.1 Å². The first-order chi connectivity index (χ1) is 11.9. The van der Waals surface area contributed by atoms with Gasteiger partial charge in [-0.2, -0.15) is 0 Å². The lowest BCUT2D eigenvalue weighted by Crippen LogP contribution is -2.59. The largest absolute Gasteiger partial charge is 0.370 e. The summed E-state index contributed by atoms with van der Waals surface area (Å²) in [6.45, 7) is 4.85. The Labute approximate surface area is 147 Å². The molecule has 0 aromatic heterocycles. The van der Waals surface area contributed by atoms with Crippen molar-refractivity contribution in [2.45, 2.75) is 45.4 Å². The second-order valence-corrected chi connectivity index (χ2v) is 6.36. The van der Waals surface area contributed by atoms with Gasteiger partial charge in [-0.05, 0) is 24.5 Å². The van der Waals surface area contributed by atoms with Crippen LogP contribution in [0.2, 0.25) is 0 Å². The van der Waals surface area contributed by atoms with E-state index in [9.17, 15) is 14.4 Å². The Morgan fingerprint density at radius 1 is 1.32 bits per heavy atom. The summed E-state index contributed by atoms with van der Waals surface area (Å²) >= 11 is 0. The van der Waals surface area contributed by atoms with Crippen molar-refractivity contribution in [2.75, 3.05) is 13.1 Å². The van der Waals surface area contributed by atoms with E-state index in [2.05, 4.69) is 5.32 Å². The van der Waals surface area contributed by atoms with Crippen LogP contribution in [0.4, 0.5) is 0 Å². The van der Waals surface area contributed by atoms with Gasteiger partial charge < -0.3 is 20.7 Å². The minimum Gasteiger partial charge on any atom is -0.370 e. The fraction of sp³-hybridized carbons (Fsp3) is 0.500. The number of carbonyl (C=O) groups excluding carboxylic acids is 3. The van der Waals surface area contributed by atoms with Crippen LogP contribution >= 0.6 is 0 Å². The zero-order valence-corrected chi connectivity index (χ0v) is 14.7. The van der Waals surface area contributed by atoms with Gasteiger partial charge in [-0.15, -0.1) is 0 Å². The van der Waals surface area contributed by atoms with Crippen molar-refractivity contribution in [1.29, 1.82) is 0 Å². The monoisotopic (exact) mass is 347 g/mol. The maximum absolute atomic E-state index is 12.5. The van der Waals surface area contributed by atoms with Crippen molar-refractivity contribution in [3.63, 3.8) is 0 Å². The number of hydrogen-bond donors (Lipinski definition) is 2. The number of amides is 3. The number of nitrogens with one attached hydrogen (secondary N) is 1. The molecule has 7 nitrogen and oxygen atoms in total. The van der Waals surface area contributed by atoms with Crippen molar-refractivity contribution in [3.05, 3.63) is 35.4 Å². The molecule has 1 atom stereocenters. The number of hydrogen-bond acceptors (Lipinski definition) is 4. The predicted octanol–water partition coefficient (Wildman–Crippen LogP) is 0.493. The van der Waals surface area contributed by atoms with E-state index in [1.165, 1.54) is 12.5 Å². The van der Waals surface area contributed by atoms with Gasteiger partial charge in [-0.25, -0.2) is 0 Å². The lowest BCUT2D eigenvalue weighted by molar-refractivity contribution is -0.149. The molecule has 1 fully saturated rings. The van der Waals surface area contributed by atoms with Crippen LogP contribution in [-0.4, -0.2) is 47.9 Å². The third-order valence-electron chi connectivity index (χ3n) is 4.25. The highest BCUT2D eigenvalue weighted by Crippen LogP contribution is 2.17. The van der Waals surface area contributed by atoms with Gasteiger partial charge in [-0.1, -0.05) is 24.3 Å². The van der Waals surface area contributed by atoms with E-state index in [0.717, 1.165) is 5.56 Å². The molecule has 0 aliphatic carbocycles. The summed E-state index contributed by atoms with van der Waals surface area (Å²) in [7, 11) is 0. The van der Waals surface area contributed by atoms with Crippen LogP contribution in [-0.2, 0) is 25.7 Å². The fourth-order valence-corrected chi connectivity index (χ4v) is 2.71. The normalized spacial score (nSPS) is 15.4. The maximum Gasteiger partial charge on any atom is 0.245 e. The summed E-state index contributed by atoms with van der Waals surface area (Å²) in [5.74, 6) is -1.01.